The van der Waals surface area contributed by atoms with Crippen molar-refractivity contribution >= 4 is 11.9 Å². The minimum Gasteiger partial charge on any atom is -0.466 e. The third-order valence-corrected chi connectivity index (χ3v) is 2.62. The van der Waals surface area contributed by atoms with Crippen LogP contribution in [-0.4, -0.2) is 25.2 Å². The molecule has 5 heteroatoms. The molecule has 0 amide bonds. The van der Waals surface area contributed by atoms with Crippen molar-refractivity contribution in [1.29, 1.82) is 5.26 Å². The zero-order chi connectivity index (χ0) is 15.0. The van der Waals surface area contributed by atoms with Gasteiger partial charge in [-0.2, -0.15) is 5.26 Å². The Morgan fingerprint density at radius 1 is 1.20 bits per heavy atom. The lowest BCUT2D eigenvalue weighted by Gasteiger charge is -2.06. The smallest absolute Gasteiger partial charge is 0.339 e. The highest BCUT2D eigenvalue weighted by atomic mass is 16.5. The molecule has 1 aromatic carbocycles. The monoisotopic (exact) mass is 275 g/mol. The summed E-state index contributed by atoms with van der Waals surface area (Å²) in [6.07, 6.45) is 0.716. The average Bonchev–Trinajstić information content (AvgIpc) is 2.45. The Kier molecular flexibility index (Phi) is 6.24. The summed E-state index contributed by atoms with van der Waals surface area (Å²) < 4.78 is 9.71. The number of benzene rings is 1. The largest absolute Gasteiger partial charge is 0.466 e. The number of esters is 2. The van der Waals surface area contributed by atoms with Crippen molar-refractivity contribution in [3.8, 4) is 6.07 Å². The first kappa shape index (κ1) is 15.7. The number of nitriles is 1. The van der Waals surface area contributed by atoms with E-state index in [9.17, 15) is 9.59 Å². The molecule has 5 nitrogen and oxygen atoms in total. The van der Waals surface area contributed by atoms with E-state index in [2.05, 4.69) is 0 Å². The molecule has 0 bridgehead atoms. The van der Waals surface area contributed by atoms with Crippen molar-refractivity contribution < 1.29 is 19.1 Å². The van der Waals surface area contributed by atoms with E-state index in [1.54, 1.807) is 32.0 Å². The van der Waals surface area contributed by atoms with E-state index in [4.69, 9.17) is 14.7 Å². The Morgan fingerprint density at radius 2 is 1.90 bits per heavy atom. The highest BCUT2D eigenvalue weighted by Gasteiger charge is 2.13. The lowest BCUT2D eigenvalue weighted by molar-refractivity contribution is -0.143. The fourth-order valence-corrected chi connectivity index (χ4v) is 1.71. The highest BCUT2D eigenvalue weighted by Crippen LogP contribution is 2.14. The van der Waals surface area contributed by atoms with E-state index >= 15 is 0 Å². The van der Waals surface area contributed by atoms with Gasteiger partial charge < -0.3 is 9.47 Å². The summed E-state index contributed by atoms with van der Waals surface area (Å²) in [4.78, 5) is 22.9. The number of aryl methyl sites for hydroxylation is 1. The van der Waals surface area contributed by atoms with E-state index in [-0.39, 0.29) is 30.1 Å². The summed E-state index contributed by atoms with van der Waals surface area (Å²) in [5.74, 6) is -0.790. The van der Waals surface area contributed by atoms with Crippen molar-refractivity contribution in [2.45, 2.75) is 26.7 Å². The van der Waals surface area contributed by atoms with Gasteiger partial charge in [-0.1, -0.05) is 6.07 Å². The molecule has 0 aliphatic carbocycles. The Hall–Kier alpha value is -2.35. The number of carbonyl (C=O) groups excluding carboxylic acids is 2. The summed E-state index contributed by atoms with van der Waals surface area (Å²) in [6, 6.07) is 6.84. The van der Waals surface area contributed by atoms with Crippen LogP contribution in [0.3, 0.4) is 0 Å². The van der Waals surface area contributed by atoms with Crippen molar-refractivity contribution in [2.24, 2.45) is 0 Å². The highest BCUT2D eigenvalue weighted by molar-refractivity contribution is 5.92. The van der Waals surface area contributed by atoms with Crippen LogP contribution in [0, 0.1) is 11.3 Å². The molecule has 0 aromatic heterocycles. The predicted octanol–water partition coefficient (Wildman–Crippen LogP) is 2.23. The van der Waals surface area contributed by atoms with Crippen LogP contribution in [-0.2, 0) is 20.7 Å². The molecule has 0 spiro atoms. The van der Waals surface area contributed by atoms with E-state index in [0.717, 1.165) is 5.56 Å². The lowest BCUT2D eigenvalue weighted by atomic mass is 10.0. The van der Waals surface area contributed by atoms with Gasteiger partial charge in [0.2, 0.25) is 0 Å². The standard InChI is InChI=1S/C15H17NO4/c1-3-19-14(17)8-6-11-5-7-13(12(9-11)10-16)15(18)20-4-2/h5,7,9H,3-4,6,8H2,1-2H3. The molecule has 0 radical (unpaired) electrons. The number of carbonyl (C=O) groups is 2. The third kappa shape index (κ3) is 4.39. The van der Waals surface area contributed by atoms with E-state index in [1.807, 2.05) is 6.07 Å². The summed E-state index contributed by atoms with van der Waals surface area (Å²) in [5, 5.41) is 9.07. The predicted molar refractivity (Wildman–Crippen MR) is 72.1 cm³/mol. The first-order chi connectivity index (χ1) is 9.62. The average molecular weight is 275 g/mol. The fraction of sp³-hybridized carbons (Fsp3) is 0.400. The number of nitrogens with zero attached hydrogens (tertiary/aromatic N) is 1. The van der Waals surface area contributed by atoms with Crippen LogP contribution in [0.4, 0.5) is 0 Å². The number of hydrogen-bond acceptors (Lipinski definition) is 5. The van der Waals surface area contributed by atoms with Gasteiger partial charge >= 0.3 is 11.9 Å². The van der Waals surface area contributed by atoms with Crippen molar-refractivity contribution in [3.05, 3.63) is 34.9 Å². The van der Waals surface area contributed by atoms with Gasteiger partial charge in [-0.05, 0) is 38.0 Å². The Labute approximate surface area is 118 Å². The minimum atomic E-state index is -0.513. The van der Waals surface area contributed by atoms with Gasteiger partial charge in [0.15, 0.2) is 0 Å². The van der Waals surface area contributed by atoms with Crippen molar-refractivity contribution in [2.75, 3.05) is 13.2 Å². The molecule has 0 fully saturated rings. The van der Waals surface area contributed by atoms with Gasteiger partial charge in [0.25, 0.3) is 0 Å². The second-order valence-corrected chi connectivity index (χ2v) is 4.02. The molecular weight excluding hydrogens is 258 g/mol. The SMILES string of the molecule is CCOC(=O)CCc1ccc(C(=O)OCC)c(C#N)c1. The Balaban J connectivity index is 2.80. The lowest BCUT2D eigenvalue weighted by Crippen LogP contribution is -2.08. The van der Waals surface area contributed by atoms with Gasteiger partial charge in [-0.3, -0.25) is 4.79 Å². The first-order valence-corrected chi connectivity index (χ1v) is 6.48. The molecule has 0 aliphatic heterocycles. The molecule has 1 rings (SSSR count). The second kappa shape index (κ2) is 7.95. The number of rotatable bonds is 6. The maximum absolute atomic E-state index is 11.6. The second-order valence-electron chi connectivity index (χ2n) is 4.02. The summed E-state index contributed by atoms with van der Waals surface area (Å²) >= 11 is 0. The first-order valence-electron chi connectivity index (χ1n) is 6.48. The number of hydrogen-bond donors (Lipinski definition) is 0. The van der Waals surface area contributed by atoms with Gasteiger partial charge in [0, 0.05) is 6.42 Å². The summed E-state index contributed by atoms with van der Waals surface area (Å²) in [6.45, 7) is 4.07. The molecule has 0 saturated heterocycles. The molecule has 20 heavy (non-hydrogen) atoms. The Morgan fingerprint density at radius 3 is 2.50 bits per heavy atom. The van der Waals surface area contributed by atoms with Crippen LogP contribution in [0.15, 0.2) is 18.2 Å². The van der Waals surface area contributed by atoms with E-state index in [1.165, 1.54) is 0 Å². The molecule has 0 heterocycles. The maximum Gasteiger partial charge on any atom is 0.339 e. The van der Waals surface area contributed by atoms with Gasteiger partial charge in [0.05, 0.1) is 24.3 Å². The van der Waals surface area contributed by atoms with Crippen molar-refractivity contribution in [3.63, 3.8) is 0 Å². The van der Waals surface area contributed by atoms with Gasteiger partial charge in [0.1, 0.15) is 6.07 Å². The minimum absolute atomic E-state index is 0.245. The quantitative estimate of drug-likeness (QED) is 0.744. The summed E-state index contributed by atoms with van der Waals surface area (Å²) in [5.41, 5.74) is 1.31. The van der Waals surface area contributed by atoms with Gasteiger partial charge in [-0.25, -0.2) is 4.79 Å². The summed E-state index contributed by atoms with van der Waals surface area (Å²) in [7, 11) is 0. The maximum atomic E-state index is 11.6. The molecule has 0 atom stereocenters. The molecule has 1 aromatic rings. The molecule has 0 aliphatic rings. The molecular formula is C15H17NO4. The third-order valence-electron chi connectivity index (χ3n) is 2.62. The fourth-order valence-electron chi connectivity index (χ4n) is 1.71. The molecule has 106 valence electrons. The van der Waals surface area contributed by atoms with Crippen molar-refractivity contribution in [1.82, 2.24) is 0 Å². The molecule has 0 unspecified atom stereocenters. The van der Waals surface area contributed by atoms with E-state index in [0.29, 0.717) is 13.0 Å². The van der Waals surface area contributed by atoms with Crippen LogP contribution in [0.5, 0.6) is 0 Å². The van der Waals surface area contributed by atoms with Gasteiger partial charge in [-0.15, -0.1) is 0 Å². The number of ether oxygens (including phenoxy) is 2. The normalized spacial score (nSPS) is 9.65. The van der Waals surface area contributed by atoms with Crippen LogP contribution in [0.2, 0.25) is 0 Å². The zero-order valence-corrected chi connectivity index (χ0v) is 11.6. The topological polar surface area (TPSA) is 76.4 Å². The van der Waals surface area contributed by atoms with E-state index < -0.39 is 5.97 Å². The van der Waals surface area contributed by atoms with Crippen LogP contribution in [0.25, 0.3) is 0 Å². The Bertz CT molecular complexity index is 531. The zero-order valence-electron chi connectivity index (χ0n) is 11.6. The van der Waals surface area contributed by atoms with Crippen LogP contribution in [0.1, 0.15) is 41.8 Å². The van der Waals surface area contributed by atoms with Crippen LogP contribution < -0.4 is 0 Å². The van der Waals surface area contributed by atoms with Crippen LogP contribution >= 0.6 is 0 Å². The molecule has 0 saturated carbocycles. The molecule has 0 N–H and O–H groups in total.